The lowest BCUT2D eigenvalue weighted by atomic mass is 9.95. The van der Waals surface area contributed by atoms with Crippen LogP contribution >= 0.6 is 0 Å². The number of rotatable bonds is 5. The van der Waals surface area contributed by atoms with Crippen LogP contribution in [0.3, 0.4) is 0 Å². The molecule has 0 amide bonds. The zero-order valence-corrected chi connectivity index (χ0v) is 11.2. The zero-order chi connectivity index (χ0) is 13.8. The molecule has 2 N–H and O–H groups in total. The average molecular weight is 264 g/mol. The van der Waals surface area contributed by atoms with Crippen LogP contribution < -0.4 is 11.0 Å². The second-order valence-corrected chi connectivity index (χ2v) is 4.94. The standard InChI is InChI=1S/C14H20N2O3/c1-2-3-8-15-16-12-7-5-4-6-10(12)9-11(13(16)17)14(18)19/h9,15H,2-8H2,1H3,(H,18,19). The van der Waals surface area contributed by atoms with Crippen molar-refractivity contribution in [3.8, 4) is 0 Å². The van der Waals surface area contributed by atoms with Gasteiger partial charge in [-0.15, -0.1) is 0 Å². The predicted molar refractivity (Wildman–Crippen MR) is 73.4 cm³/mol. The average Bonchev–Trinajstić information content (AvgIpc) is 2.40. The molecule has 0 radical (unpaired) electrons. The van der Waals surface area contributed by atoms with E-state index in [0.717, 1.165) is 49.8 Å². The van der Waals surface area contributed by atoms with Crippen molar-refractivity contribution >= 4 is 5.97 Å². The molecule has 1 heterocycles. The SMILES string of the molecule is CCCCNn1c2c(cc(C(=O)O)c1=O)CCCC2. The van der Waals surface area contributed by atoms with Crippen LogP contribution in [0.4, 0.5) is 0 Å². The van der Waals surface area contributed by atoms with Crippen molar-refractivity contribution in [2.45, 2.75) is 45.4 Å². The second-order valence-electron chi connectivity index (χ2n) is 4.94. The molecule has 0 unspecified atom stereocenters. The molecule has 0 spiro atoms. The highest BCUT2D eigenvalue weighted by Gasteiger charge is 2.20. The van der Waals surface area contributed by atoms with E-state index < -0.39 is 11.5 Å². The number of unbranched alkanes of at least 4 members (excludes halogenated alkanes) is 1. The largest absolute Gasteiger partial charge is 0.477 e. The summed E-state index contributed by atoms with van der Waals surface area (Å²) in [4.78, 5) is 23.3. The first kappa shape index (κ1) is 13.6. The first-order chi connectivity index (χ1) is 9.15. The number of aromatic carboxylic acids is 1. The summed E-state index contributed by atoms with van der Waals surface area (Å²) in [5.74, 6) is -1.15. The Labute approximate surface area is 112 Å². The molecule has 0 aliphatic heterocycles. The molecule has 0 saturated carbocycles. The Hall–Kier alpha value is -1.78. The van der Waals surface area contributed by atoms with Gasteiger partial charge in [0.05, 0.1) is 0 Å². The van der Waals surface area contributed by atoms with Crippen LogP contribution in [0.2, 0.25) is 0 Å². The number of nitrogens with zero attached hydrogens (tertiary/aromatic N) is 1. The van der Waals surface area contributed by atoms with E-state index in [9.17, 15) is 9.59 Å². The number of carboxylic acids is 1. The first-order valence-corrected chi connectivity index (χ1v) is 6.90. The van der Waals surface area contributed by atoms with Gasteiger partial charge in [0.25, 0.3) is 5.56 Å². The highest BCUT2D eigenvalue weighted by Crippen LogP contribution is 2.20. The van der Waals surface area contributed by atoms with Gasteiger partial charge < -0.3 is 10.5 Å². The fourth-order valence-corrected chi connectivity index (χ4v) is 2.49. The highest BCUT2D eigenvalue weighted by atomic mass is 16.4. The minimum Gasteiger partial charge on any atom is -0.477 e. The van der Waals surface area contributed by atoms with Crippen LogP contribution in [0.5, 0.6) is 0 Å². The minimum atomic E-state index is -1.15. The molecule has 0 bridgehead atoms. The van der Waals surface area contributed by atoms with E-state index in [-0.39, 0.29) is 5.56 Å². The minimum absolute atomic E-state index is 0.135. The number of carboxylic acid groups (broad SMARTS) is 1. The van der Waals surface area contributed by atoms with Crippen LogP contribution in [0.15, 0.2) is 10.9 Å². The summed E-state index contributed by atoms with van der Waals surface area (Å²) in [6.07, 6.45) is 5.78. The van der Waals surface area contributed by atoms with Crippen molar-refractivity contribution in [1.29, 1.82) is 0 Å². The zero-order valence-electron chi connectivity index (χ0n) is 11.2. The Balaban J connectivity index is 2.44. The molecule has 1 aliphatic carbocycles. The molecule has 0 saturated heterocycles. The van der Waals surface area contributed by atoms with Gasteiger partial charge in [-0.05, 0) is 43.7 Å². The van der Waals surface area contributed by atoms with E-state index in [2.05, 4.69) is 12.3 Å². The Bertz CT molecular complexity index is 534. The summed E-state index contributed by atoms with van der Waals surface area (Å²) in [5, 5.41) is 9.12. The van der Waals surface area contributed by atoms with Crippen molar-refractivity contribution in [1.82, 2.24) is 4.68 Å². The lowest BCUT2D eigenvalue weighted by molar-refractivity contribution is 0.0694. The number of aryl methyl sites for hydroxylation is 1. The molecular weight excluding hydrogens is 244 g/mol. The molecule has 0 fully saturated rings. The Morgan fingerprint density at radius 1 is 1.42 bits per heavy atom. The monoisotopic (exact) mass is 264 g/mol. The fraction of sp³-hybridized carbons (Fsp3) is 0.571. The third kappa shape index (κ3) is 2.80. The molecule has 1 aliphatic rings. The molecule has 0 atom stereocenters. The van der Waals surface area contributed by atoms with Gasteiger partial charge in [0.1, 0.15) is 5.56 Å². The highest BCUT2D eigenvalue weighted by molar-refractivity contribution is 5.87. The summed E-state index contributed by atoms with van der Waals surface area (Å²) in [6.45, 7) is 2.76. The second kappa shape index (κ2) is 5.91. The first-order valence-electron chi connectivity index (χ1n) is 6.90. The third-order valence-corrected chi connectivity index (χ3v) is 3.53. The van der Waals surface area contributed by atoms with E-state index in [1.54, 1.807) is 6.07 Å². The maximum absolute atomic E-state index is 12.2. The molecule has 1 aromatic rings. The lowest BCUT2D eigenvalue weighted by Crippen LogP contribution is -2.37. The van der Waals surface area contributed by atoms with Gasteiger partial charge in [0, 0.05) is 12.2 Å². The maximum atomic E-state index is 12.2. The number of aromatic nitrogens is 1. The van der Waals surface area contributed by atoms with Crippen molar-refractivity contribution < 1.29 is 9.90 Å². The summed E-state index contributed by atoms with van der Waals surface area (Å²) >= 11 is 0. The van der Waals surface area contributed by atoms with Crippen LogP contribution in [-0.2, 0) is 12.8 Å². The van der Waals surface area contributed by atoms with E-state index in [4.69, 9.17) is 5.11 Å². The molecule has 5 nitrogen and oxygen atoms in total. The van der Waals surface area contributed by atoms with Gasteiger partial charge in [0.2, 0.25) is 0 Å². The normalized spacial score (nSPS) is 13.9. The Morgan fingerprint density at radius 3 is 2.84 bits per heavy atom. The summed E-state index contributed by atoms with van der Waals surface area (Å²) in [7, 11) is 0. The van der Waals surface area contributed by atoms with Crippen molar-refractivity contribution in [2.75, 3.05) is 12.0 Å². The van der Waals surface area contributed by atoms with Crippen molar-refractivity contribution in [3.05, 3.63) is 33.2 Å². The van der Waals surface area contributed by atoms with Gasteiger partial charge in [-0.25, -0.2) is 9.47 Å². The lowest BCUT2D eigenvalue weighted by Gasteiger charge is -2.22. The summed E-state index contributed by atoms with van der Waals surface area (Å²) in [5.41, 5.74) is 4.45. The Morgan fingerprint density at radius 2 is 2.16 bits per heavy atom. The van der Waals surface area contributed by atoms with E-state index >= 15 is 0 Å². The van der Waals surface area contributed by atoms with Crippen LogP contribution in [0.1, 0.15) is 54.2 Å². The number of carbonyl (C=O) groups is 1. The molecular formula is C14H20N2O3. The van der Waals surface area contributed by atoms with Crippen molar-refractivity contribution in [3.63, 3.8) is 0 Å². The summed E-state index contributed by atoms with van der Waals surface area (Å²) in [6, 6.07) is 1.55. The predicted octanol–water partition coefficient (Wildman–Crippen LogP) is 1.77. The van der Waals surface area contributed by atoms with Gasteiger partial charge in [-0.3, -0.25) is 4.79 Å². The van der Waals surface area contributed by atoms with Crippen LogP contribution in [-0.4, -0.2) is 22.3 Å². The van der Waals surface area contributed by atoms with Gasteiger partial charge >= 0.3 is 5.97 Å². The number of fused-ring (bicyclic) bond motifs is 1. The molecule has 2 rings (SSSR count). The fourth-order valence-electron chi connectivity index (χ4n) is 2.49. The van der Waals surface area contributed by atoms with Crippen molar-refractivity contribution in [2.24, 2.45) is 0 Å². The van der Waals surface area contributed by atoms with Gasteiger partial charge in [-0.1, -0.05) is 13.3 Å². The molecule has 19 heavy (non-hydrogen) atoms. The molecule has 104 valence electrons. The van der Waals surface area contributed by atoms with E-state index in [0.29, 0.717) is 6.54 Å². The van der Waals surface area contributed by atoms with Crippen LogP contribution in [0.25, 0.3) is 0 Å². The maximum Gasteiger partial charge on any atom is 0.341 e. The quantitative estimate of drug-likeness (QED) is 0.795. The smallest absolute Gasteiger partial charge is 0.341 e. The number of nitrogens with one attached hydrogen (secondary N) is 1. The number of hydrogen-bond donors (Lipinski definition) is 2. The van der Waals surface area contributed by atoms with Crippen LogP contribution in [0, 0.1) is 0 Å². The van der Waals surface area contributed by atoms with E-state index in [1.807, 2.05) is 0 Å². The van der Waals surface area contributed by atoms with Gasteiger partial charge in [-0.2, -0.15) is 0 Å². The number of hydrogen-bond acceptors (Lipinski definition) is 3. The molecule has 1 aromatic heterocycles. The molecule has 5 heteroatoms. The topological polar surface area (TPSA) is 71.3 Å². The molecule has 0 aromatic carbocycles. The third-order valence-electron chi connectivity index (χ3n) is 3.53. The Kier molecular flexibility index (Phi) is 4.24. The van der Waals surface area contributed by atoms with Gasteiger partial charge in [0.15, 0.2) is 0 Å². The number of pyridine rings is 1. The van der Waals surface area contributed by atoms with E-state index in [1.165, 1.54) is 4.68 Å². The summed E-state index contributed by atoms with van der Waals surface area (Å²) < 4.78 is 1.47.